The van der Waals surface area contributed by atoms with E-state index in [9.17, 15) is 13.2 Å². The Hall–Kier alpha value is -1.03. The molecule has 0 spiro atoms. The Morgan fingerprint density at radius 2 is 1.65 bits per heavy atom. The Morgan fingerprint density at radius 3 is 2.06 bits per heavy atom. The van der Waals surface area contributed by atoms with Gasteiger partial charge in [-0.15, -0.1) is 0 Å². The number of benzene rings is 1. The molecule has 1 rings (SSSR count). The maximum absolute atomic E-state index is 12.6. The minimum atomic E-state index is -4.40. The minimum absolute atomic E-state index is 0.157. The Labute approximate surface area is 99.8 Å². The lowest BCUT2D eigenvalue weighted by molar-refractivity contribution is -0.149. The number of rotatable bonds is 1. The van der Waals surface area contributed by atoms with E-state index < -0.39 is 12.2 Å². The van der Waals surface area contributed by atoms with Gasteiger partial charge in [0.15, 0.2) is 0 Å². The largest absolute Gasteiger partial charge is 0.407 e. The van der Waals surface area contributed by atoms with Crippen LogP contribution in [0.15, 0.2) is 18.2 Å². The van der Waals surface area contributed by atoms with Crippen LogP contribution in [0.5, 0.6) is 0 Å². The van der Waals surface area contributed by atoms with Gasteiger partial charge in [-0.2, -0.15) is 13.2 Å². The van der Waals surface area contributed by atoms with Crippen LogP contribution in [0.3, 0.4) is 0 Å². The van der Waals surface area contributed by atoms with E-state index in [2.05, 4.69) is 0 Å². The minimum Gasteiger partial charge on any atom is -0.316 e. The molecule has 4 heteroatoms. The molecule has 1 nitrogen and oxygen atoms in total. The molecule has 17 heavy (non-hydrogen) atoms. The van der Waals surface area contributed by atoms with Crippen LogP contribution in [0.1, 0.15) is 43.5 Å². The van der Waals surface area contributed by atoms with Crippen LogP contribution in [-0.4, -0.2) is 6.18 Å². The van der Waals surface area contributed by atoms with Crippen molar-refractivity contribution in [1.29, 1.82) is 0 Å². The first-order chi connectivity index (χ1) is 7.53. The second-order valence-corrected chi connectivity index (χ2v) is 5.34. The zero-order valence-electron chi connectivity index (χ0n) is 10.5. The van der Waals surface area contributed by atoms with Gasteiger partial charge in [-0.3, -0.25) is 0 Å². The molecule has 0 aliphatic rings. The molecular weight excluding hydrogens is 227 g/mol. The quantitative estimate of drug-likeness (QED) is 0.799. The van der Waals surface area contributed by atoms with Gasteiger partial charge < -0.3 is 5.73 Å². The van der Waals surface area contributed by atoms with Gasteiger partial charge >= 0.3 is 6.18 Å². The highest BCUT2D eigenvalue weighted by atomic mass is 19.4. The normalized spacial score (nSPS) is 14.8. The molecule has 1 atom stereocenters. The predicted molar refractivity (Wildman–Crippen MR) is 62.9 cm³/mol. The monoisotopic (exact) mass is 245 g/mol. The molecule has 1 aromatic carbocycles. The third kappa shape index (κ3) is 3.22. The molecule has 0 radical (unpaired) electrons. The van der Waals surface area contributed by atoms with E-state index in [0.29, 0.717) is 5.56 Å². The number of nitrogens with two attached hydrogens (primary N) is 1. The topological polar surface area (TPSA) is 26.0 Å². The molecule has 2 N–H and O–H groups in total. The van der Waals surface area contributed by atoms with Crippen molar-refractivity contribution >= 4 is 0 Å². The molecule has 0 aliphatic carbocycles. The maximum atomic E-state index is 12.6. The molecule has 0 fully saturated rings. The van der Waals surface area contributed by atoms with Crippen molar-refractivity contribution in [2.45, 2.75) is 45.3 Å². The Bertz CT molecular complexity index is 402. The van der Waals surface area contributed by atoms with Gasteiger partial charge in [-0.1, -0.05) is 39.0 Å². The molecule has 0 heterocycles. The molecule has 0 bridgehead atoms. The summed E-state index contributed by atoms with van der Waals surface area (Å²) in [7, 11) is 0. The summed E-state index contributed by atoms with van der Waals surface area (Å²) in [6.07, 6.45) is -4.40. The van der Waals surface area contributed by atoms with Crippen molar-refractivity contribution in [3.05, 3.63) is 34.9 Å². The van der Waals surface area contributed by atoms with Crippen LogP contribution < -0.4 is 5.73 Å². The summed E-state index contributed by atoms with van der Waals surface area (Å²) in [5.74, 6) is 0. The van der Waals surface area contributed by atoms with Crippen LogP contribution in [-0.2, 0) is 5.41 Å². The SMILES string of the molecule is Cc1ccc(C(C)(C)C)cc1C(N)C(F)(F)F. The molecule has 0 aliphatic heterocycles. The zero-order chi connectivity index (χ0) is 13.4. The average molecular weight is 245 g/mol. The summed E-state index contributed by atoms with van der Waals surface area (Å²) < 4.78 is 37.9. The van der Waals surface area contributed by atoms with Crippen LogP contribution in [0.25, 0.3) is 0 Å². The Morgan fingerprint density at radius 1 is 1.12 bits per heavy atom. The van der Waals surface area contributed by atoms with Crippen molar-refractivity contribution in [3.8, 4) is 0 Å². The van der Waals surface area contributed by atoms with E-state index in [0.717, 1.165) is 5.56 Å². The third-order valence-corrected chi connectivity index (χ3v) is 2.83. The van der Waals surface area contributed by atoms with Crippen molar-refractivity contribution in [1.82, 2.24) is 0 Å². The van der Waals surface area contributed by atoms with Crippen molar-refractivity contribution < 1.29 is 13.2 Å². The van der Waals surface area contributed by atoms with E-state index in [1.165, 1.54) is 0 Å². The molecule has 0 saturated carbocycles. The lowest BCUT2D eigenvalue weighted by Crippen LogP contribution is -2.29. The lowest BCUT2D eigenvalue weighted by atomic mass is 9.84. The fraction of sp³-hybridized carbons (Fsp3) is 0.538. The average Bonchev–Trinajstić information content (AvgIpc) is 2.14. The van der Waals surface area contributed by atoms with Crippen LogP contribution in [0, 0.1) is 6.92 Å². The van der Waals surface area contributed by atoms with E-state index in [-0.39, 0.29) is 11.0 Å². The van der Waals surface area contributed by atoms with Gasteiger partial charge in [0.2, 0.25) is 0 Å². The summed E-state index contributed by atoms with van der Waals surface area (Å²) >= 11 is 0. The van der Waals surface area contributed by atoms with E-state index >= 15 is 0 Å². The first kappa shape index (κ1) is 14.0. The van der Waals surface area contributed by atoms with Gasteiger partial charge in [-0.05, 0) is 29.0 Å². The molecule has 0 aromatic heterocycles. The highest BCUT2D eigenvalue weighted by Gasteiger charge is 2.38. The second kappa shape index (κ2) is 4.33. The number of alkyl halides is 3. The van der Waals surface area contributed by atoms with E-state index in [4.69, 9.17) is 5.73 Å². The summed E-state index contributed by atoms with van der Waals surface area (Å²) in [6.45, 7) is 7.52. The first-order valence-corrected chi connectivity index (χ1v) is 5.47. The van der Waals surface area contributed by atoms with E-state index in [1.54, 1.807) is 19.1 Å². The molecule has 1 unspecified atom stereocenters. The number of hydrogen-bond acceptors (Lipinski definition) is 1. The summed E-state index contributed by atoms with van der Waals surface area (Å²) in [5.41, 5.74) is 6.66. The molecule has 0 amide bonds. The highest BCUT2D eigenvalue weighted by molar-refractivity contribution is 5.37. The van der Waals surface area contributed by atoms with Gasteiger partial charge in [0.1, 0.15) is 6.04 Å². The summed E-state index contributed by atoms with van der Waals surface area (Å²) in [6, 6.07) is 3.20. The van der Waals surface area contributed by atoms with Crippen LogP contribution in [0.2, 0.25) is 0 Å². The third-order valence-electron chi connectivity index (χ3n) is 2.83. The highest BCUT2D eigenvalue weighted by Crippen LogP contribution is 2.34. The predicted octanol–water partition coefficient (Wildman–Crippen LogP) is 3.85. The fourth-order valence-corrected chi connectivity index (χ4v) is 1.62. The second-order valence-electron chi connectivity index (χ2n) is 5.34. The van der Waals surface area contributed by atoms with Crippen molar-refractivity contribution in [2.24, 2.45) is 5.73 Å². The van der Waals surface area contributed by atoms with Gasteiger partial charge in [-0.25, -0.2) is 0 Å². The maximum Gasteiger partial charge on any atom is 0.407 e. The lowest BCUT2D eigenvalue weighted by Gasteiger charge is -2.24. The number of aryl methyl sites for hydroxylation is 1. The van der Waals surface area contributed by atoms with Crippen LogP contribution in [0.4, 0.5) is 13.2 Å². The Kier molecular flexibility index (Phi) is 3.58. The van der Waals surface area contributed by atoms with Gasteiger partial charge in [0, 0.05) is 0 Å². The fourth-order valence-electron chi connectivity index (χ4n) is 1.62. The van der Waals surface area contributed by atoms with Crippen molar-refractivity contribution in [3.63, 3.8) is 0 Å². The molecule has 96 valence electrons. The standard InChI is InChI=1S/C13H18F3N/c1-8-5-6-9(12(2,3)4)7-10(8)11(17)13(14,15)16/h5-7,11H,17H2,1-4H3. The van der Waals surface area contributed by atoms with Crippen molar-refractivity contribution in [2.75, 3.05) is 0 Å². The summed E-state index contributed by atoms with van der Waals surface area (Å²) in [4.78, 5) is 0. The zero-order valence-corrected chi connectivity index (χ0v) is 10.5. The number of halogens is 3. The molecule has 0 saturated heterocycles. The van der Waals surface area contributed by atoms with Gasteiger partial charge in [0.05, 0.1) is 0 Å². The number of hydrogen-bond donors (Lipinski definition) is 1. The smallest absolute Gasteiger partial charge is 0.316 e. The Balaban J connectivity index is 3.25. The first-order valence-electron chi connectivity index (χ1n) is 5.47. The summed E-state index contributed by atoms with van der Waals surface area (Å²) in [5, 5.41) is 0. The molecular formula is C13H18F3N. The van der Waals surface area contributed by atoms with Crippen LogP contribution >= 0.6 is 0 Å². The van der Waals surface area contributed by atoms with E-state index in [1.807, 2.05) is 26.8 Å². The molecule has 1 aromatic rings. The van der Waals surface area contributed by atoms with Gasteiger partial charge in [0.25, 0.3) is 0 Å².